The molecule has 1 N–H and O–H groups in total. The molecule has 0 bridgehead atoms. The molecule has 0 spiro atoms. The van der Waals surface area contributed by atoms with Crippen molar-refractivity contribution in [3.63, 3.8) is 0 Å². The van der Waals surface area contributed by atoms with Crippen LogP contribution in [0.1, 0.15) is 5.56 Å². The highest BCUT2D eigenvalue weighted by Crippen LogP contribution is 2.12. The standard InChI is InChI=1S/C7H8BrNO2/c1-9-3-6(8)5(4-10)2-7(9)11/h2-3,10H,4H2,1H3. The van der Waals surface area contributed by atoms with Gasteiger partial charge < -0.3 is 9.67 Å². The molecule has 0 fully saturated rings. The molecule has 1 aromatic rings. The van der Waals surface area contributed by atoms with Crippen molar-refractivity contribution in [3.05, 3.63) is 32.7 Å². The number of aliphatic hydroxyl groups excluding tert-OH is 1. The number of aromatic nitrogens is 1. The highest BCUT2D eigenvalue weighted by Gasteiger charge is 1.99. The van der Waals surface area contributed by atoms with E-state index in [4.69, 9.17) is 5.11 Å². The molecular formula is C7H8BrNO2. The number of halogens is 1. The summed E-state index contributed by atoms with van der Waals surface area (Å²) >= 11 is 3.22. The van der Waals surface area contributed by atoms with Crippen LogP contribution in [0.15, 0.2) is 21.5 Å². The summed E-state index contributed by atoms with van der Waals surface area (Å²) in [6.07, 6.45) is 1.63. The third kappa shape index (κ3) is 1.70. The number of rotatable bonds is 1. The maximum absolute atomic E-state index is 11.0. The average molecular weight is 218 g/mol. The summed E-state index contributed by atoms with van der Waals surface area (Å²) in [5.41, 5.74) is 0.505. The van der Waals surface area contributed by atoms with Crippen LogP contribution in [0.2, 0.25) is 0 Å². The number of hydrogen-bond donors (Lipinski definition) is 1. The highest BCUT2D eigenvalue weighted by molar-refractivity contribution is 9.10. The molecule has 11 heavy (non-hydrogen) atoms. The molecule has 0 aliphatic heterocycles. The van der Waals surface area contributed by atoms with Gasteiger partial charge in [-0.15, -0.1) is 0 Å². The van der Waals surface area contributed by atoms with Gasteiger partial charge in [-0.3, -0.25) is 4.79 Å². The zero-order chi connectivity index (χ0) is 8.43. The first-order valence-electron chi connectivity index (χ1n) is 3.11. The van der Waals surface area contributed by atoms with Crippen molar-refractivity contribution in [3.8, 4) is 0 Å². The van der Waals surface area contributed by atoms with Crippen molar-refractivity contribution < 1.29 is 5.11 Å². The van der Waals surface area contributed by atoms with E-state index >= 15 is 0 Å². The Labute approximate surface area is 72.4 Å². The molecule has 1 rings (SSSR count). The first-order chi connectivity index (χ1) is 5.15. The Morgan fingerprint density at radius 3 is 2.91 bits per heavy atom. The second-order valence-electron chi connectivity index (χ2n) is 2.25. The van der Waals surface area contributed by atoms with Crippen LogP contribution in [0.4, 0.5) is 0 Å². The van der Waals surface area contributed by atoms with E-state index in [0.717, 1.165) is 4.47 Å². The molecule has 0 saturated heterocycles. The van der Waals surface area contributed by atoms with Gasteiger partial charge in [0.25, 0.3) is 5.56 Å². The van der Waals surface area contributed by atoms with Gasteiger partial charge in [0.2, 0.25) is 0 Å². The molecule has 0 radical (unpaired) electrons. The van der Waals surface area contributed by atoms with Gasteiger partial charge in [0, 0.05) is 23.8 Å². The van der Waals surface area contributed by atoms with Crippen molar-refractivity contribution in [1.82, 2.24) is 4.57 Å². The van der Waals surface area contributed by atoms with Crippen molar-refractivity contribution in [2.45, 2.75) is 6.61 Å². The Balaban J connectivity index is 3.32. The topological polar surface area (TPSA) is 42.2 Å². The highest BCUT2D eigenvalue weighted by atomic mass is 79.9. The predicted octanol–water partition coefficient (Wildman–Crippen LogP) is 0.640. The summed E-state index contributed by atoms with van der Waals surface area (Å²) in [6.45, 7) is -0.114. The molecule has 0 atom stereocenters. The van der Waals surface area contributed by atoms with Gasteiger partial charge in [-0.05, 0) is 21.5 Å². The average Bonchev–Trinajstić information content (AvgIpc) is 1.97. The van der Waals surface area contributed by atoms with E-state index in [0.29, 0.717) is 5.56 Å². The van der Waals surface area contributed by atoms with E-state index in [1.807, 2.05) is 0 Å². The predicted molar refractivity (Wildman–Crippen MR) is 45.3 cm³/mol. The van der Waals surface area contributed by atoms with E-state index in [2.05, 4.69) is 15.9 Å². The summed E-state index contributed by atoms with van der Waals surface area (Å²) < 4.78 is 2.20. The number of nitrogens with zero attached hydrogens (tertiary/aromatic N) is 1. The van der Waals surface area contributed by atoms with Gasteiger partial charge in [-0.1, -0.05) is 0 Å². The van der Waals surface area contributed by atoms with Gasteiger partial charge in [-0.25, -0.2) is 0 Å². The molecule has 1 aromatic heterocycles. The van der Waals surface area contributed by atoms with E-state index in [1.54, 1.807) is 13.2 Å². The van der Waals surface area contributed by atoms with E-state index in [9.17, 15) is 4.79 Å². The summed E-state index contributed by atoms with van der Waals surface area (Å²) in [5.74, 6) is 0. The third-order valence-corrected chi connectivity index (χ3v) is 2.14. The van der Waals surface area contributed by atoms with Crippen LogP contribution in [0.5, 0.6) is 0 Å². The molecule has 0 amide bonds. The number of aryl methyl sites for hydroxylation is 1. The van der Waals surface area contributed by atoms with Crippen LogP contribution >= 0.6 is 15.9 Å². The van der Waals surface area contributed by atoms with E-state index in [-0.39, 0.29) is 12.2 Å². The largest absolute Gasteiger partial charge is 0.392 e. The lowest BCUT2D eigenvalue weighted by Gasteiger charge is -2.01. The van der Waals surface area contributed by atoms with Crippen LogP contribution in [-0.4, -0.2) is 9.67 Å². The first-order valence-corrected chi connectivity index (χ1v) is 3.90. The van der Waals surface area contributed by atoms with E-state index < -0.39 is 0 Å². The van der Waals surface area contributed by atoms with Gasteiger partial charge in [-0.2, -0.15) is 0 Å². The number of hydrogen-bond acceptors (Lipinski definition) is 2. The monoisotopic (exact) mass is 217 g/mol. The minimum atomic E-state index is -0.114. The van der Waals surface area contributed by atoms with Gasteiger partial charge in [0.1, 0.15) is 0 Å². The van der Waals surface area contributed by atoms with Crippen LogP contribution in [0, 0.1) is 0 Å². The summed E-state index contributed by atoms with van der Waals surface area (Å²) in [5, 5.41) is 8.76. The molecule has 0 aliphatic rings. The van der Waals surface area contributed by atoms with Crippen LogP contribution < -0.4 is 5.56 Å². The van der Waals surface area contributed by atoms with Crippen LogP contribution in [0.25, 0.3) is 0 Å². The van der Waals surface area contributed by atoms with Gasteiger partial charge in [0.05, 0.1) is 6.61 Å². The Kier molecular flexibility index (Phi) is 2.46. The van der Waals surface area contributed by atoms with E-state index in [1.165, 1.54) is 10.6 Å². The van der Waals surface area contributed by atoms with Gasteiger partial charge >= 0.3 is 0 Å². The van der Waals surface area contributed by atoms with Crippen molar-refractivity contribution in [2.75, 3.05) is 0 Å². The van der Waals surface area contributed by atoms with Crippen molar-refractivity contribution >= 4 is 15.9 Å². The Morgan fingerprint density at radius 2 is 2.36 bits per heavy atom. The molecule has 0 aliphatic carbocycles. The number of aliphatic hydroxyl groups is 1. The summed E-state index contributed by atoms with van der Waals surface area (Å²) in [6, 6.07) is 1.41. The van der Waals surface area contributed by atoms with Crippen molar-refractivity contribution in [2.24, 2.45) is 7.05 Å². The minimum absolute atomic E-state index is 0.114. The fourth-order valence-electron chi connectivity index (χ4n) is 0.758. The fraction of sp³-hybridized carbons (Fsp3) is 0.286. The minimum Gasteiger partial charge on any atom is -0.392 e. The smallest absolute Gasteiger partial charge is 0.250 e. The normalized spacial score (nSPS) is 10.1. The molecule has 4 heteroatoms. The van der Waals surface area contributed by atoms with Crippen LogP contribution in [0.3, 0.4) is 0 Å². The fourth-order valence-corrected chi connectivity index (χ4v) is 1.30. The third-order valence-electron chi connectivity index (χ3n) is 1.43. The summed E-state index contributed by atoms with van der Waals surface area (Å²) in [4.78, 5) is 11.0. The molecular weight excluding hydrogens is 210 g/mol. The Morgan fingerprint density at radius 1 is 1.73 bits per heavy atom. The maximum Gasteiger partial charge on any atom is 0.250 e. The molecule has 0 saturated carbocycles. The van der Waals surface area contributed by atoms with Crippen molar-refractivity contribution in [1.29, 1.82) is 0 Å². The summed E-state index contributed by atoms with van der Waals surface area (Å²) in [7, 11) is 1.66. The zero-order valence-electron chi connectivity index (χ0n) is 6.04. The first kappa shape index (κ1) is 8.49. The lowest BCUT2D eigenvalue weighted by Crippen LogP contribution is -2.15. The zero-order valence-corrected chi connectivity index (χ0v) is 7.63. The molecule has 60 valence electrons. The second kappa shape index (κ2) is 3.19. The van der Waals surface area contributed by atoms with Gasteiger partial charge in [0.15, 0.2) is 0 Å². The SMILES string of the molecule is Cn1cc(Br)c(CO)cc1=O. The molecule has 0 unspecified atom stereocenters. The maximum atomic E-state index is 11.0. The number of pyridine rings is 1. The Bertz CT molecular complexity index is 319. The molecule has 3 nitrogen and oxygen atoms in total. The second-order valence-corrected chi connectivity index (χ2v) is 3.11. The molecule has 0 aromatic carbocycles. The van der Waals surface area contributed by atoms with Crippen LogP contribution in [-0.2, 0) is 13.7 Å². The lowest BCUT2D eigenvalue weighted by molar-refractivity contribution is 0.280. The quantitative estimate of drug-likeness (QED) is 0.751. The Hall–Kier alpha value is -0.610. The molecule has 1 heterocycles. The lowest BCUT2D eigenvalue weighted by atomic mass is 10.3.